The predicted molar refractivity (Wildman–Crippen MR) is 53.0 cm³/mol. The number of carboxylic acids is 1. The van der Waals surface area contributed by atoms with Gasteiger partial charge in [-0.15, -0.1) is 17.0 Å². The topological polar surface area (TPSA) is 55.1 Å². The number of imidazole rings is 1. The molecule has 1 aromatic rings. The maximum atomic E-state index is 10.5. The Balaban J connectivity index is 0.00000121. The lowest BCUT2D eigenvalue weighted by atomic mass is 10.2. The number of nitrogens with zero attached hydrogens (tertiary/aromatic N) is 2. The third kappa shape index (κ3) is 2.25. The molecule has 0 spiro atoms. The third-order valence-electron chi connectivity index (χ3n) is 1.41. The summed E-state index contributed by atoms with van der Waals surface area (Å²) in [6.45, 7) is 1.57. The molecule has 1 heterocycles. The van der Waals surface area contributed by atoms with Gasteiger partial charge in [0.25, 0.3) is 0 Å². The summed E-state index contributed by atoms with van der Waals surface area (Å²) in [5, 5.41) is 8.59. The van der Waals surface area contributed by atoms with E-state index in [2.05, 4.69) is 17.8 Å². The van der Waals surface area contributed by atoms with E-state index in [0.717, 1.165) is 0 Å². The predicted octanol–water partition coefficient (Wildman–Crippen LogP) is 1.34. The fourth-order valence-corrected chi connectivity index (χ4v) is 1.01. The quantitative estimate of drug-likeness (QED) is 0.782. The molecule has 1 N–H and O–H groups in total. The van der Waals surface area contributed by atoms with E-state index in [4.69, 9.17) is 5.11 Å². The molecular weight excluding hydrogens is 244 g/mol. The number of hydrogen-bond acceptors (Lipinski definition) is 3. The molecule has 1 rings (SSSR count). The summed E-state index contributed by atoms with van der Waals surface area (Å²) in [5.74, 6) is -1.06. The van der Waals surface area contributed by atoms with Gasteiger partial charge >= 0.3 is 5.97 Å². The van der Waals surface area contributed by atoms with E-state index < -0.39 is 11.9 Å². The Kier molecular flexibility index (Phi) is 4.33. The minimum Gasteiger partial charge on any atom is -0.481 e. The van der Waals surface area contributed by atoms with Crippen LogP contribution in [0.3, 0.4) is 0 Å². The molecule has 0 aromatic carbocycles. The highest BCUT2D eigenvalue weighted by Crippen LogP contribution is 2.13. The van der Waals surface area contributed by atoms with Crippen LogP contribution in [0, 0.1) is 0 Å². The zero-order chi connectivity index (χ0) is 8.43. The highest BCUT2D eigenvalue weighted by molar-refractivity contribution is 8.93. The third-order valence-corrected chi connectivity index (χ3v) is 1.75. The van der Waals surface area contributed by atoms with Crippen molar-refractivity contribution in [1.82, 2.24) is 8.96 Å². The largest absolute Gasteiger partial charge is 0.481 e. The molecule has 4 nitrogen and oxygen atoms in total. The van der Waals surface area contributed by atoms with Crippen LogP contribution in [0.15, 0.2) is 12.4 Å². The second-order valence-corrected chi connectivity index (χ2v) is 2.62. The summed E-state index contributed by atoms with van der Waals surface area (Å²) in [4.78, 5) is 14.3. The fraction of sp³-hybridized carbons (Fsp3) is 0.333. The number of halogens is 1. The van der Waals surface area contributed by atoms with Crippen molar-refractivity contribution >= 4 is 35.8 Å². The molecule has 6 heteroatoms. The monoisotopic (exact) mass is 252 g/mol. The first-order chi connectivity index (χ1) is 5.13. The molecule has 12 heavy (non-hydrogen) atoms. The van der Waals surface area contributed by atoms with Gasteiger partial charge in [0.2, 0.25) is 0 Å². The summed E-state index contributed by atoms with van der Waals surface area (Å²) in [6, 6.07) is 0. The number of carbonyl (C=O) groups is 1. The second kappa shape index (κ2) is 4.51. The van der Waals surface area contributed by atoms with Gasteiger partial charge in [-0.05, 0) is 6.92 Å². The molecule has 0 aliphatic rings. The number of hydrogen-bond donors (Lipinski definition) is 2. The Bertz CT molecular complexity index is 276. The van der Waals surface area contributed by atoms with E-state index in [1.165, 1.54) is 10.2 Å². The van der Waals surface area contributed by atoms with Crippen molar-refractivity contribution < 1.29 is 9.90 Å². The van der Waals surface area contributed by atoms with Crippen molar-refractivity contribution in [3.8, 4) is 0 Å². The molecule has 68 valence electrons. The molecule has 0 bridgehead atoms. The van der Waals surface area contributed by atoms with E-state index >= 15 is 0 Å². The maximum Gasteiger partial charge on any atom is 0.313 e. The van der Waals surface area contributed by atoms with Crippen molar-refractivity contribution in [2.45, 2.75) is 12.8 Å². The van der Waals surface area contributed by atoms with Crippen LogP contribution in [0.5, 0.6) is 0 Å². The molecule has 0 saturated carbocycles. The van der Waals surface area contributed by atoms with E-state index in [1.54, 1.807) is 13.1 Å². The van der Waals surface area contributed by atoms with Crippen LogP contribution in [0.1, 0.15) is 18.7 Å². The van der Waals surface area contributed by atoms with E-state index in [1.807, 2.05) is 0 Å². The molecular formula is C6H9BrN2O2S. The van der Waals surface area contributed by atoms with Crippen LogP contribution in [0.2, 0.25) is 0 Å². The number of carboxylic acid groups (broad SMARTS) is 1. The second-order valence-electron chi connectivity index (χ2n) is 2.19. The average molecular weight is 253 g/mol. The Morgan fingerprint density at radius 1 is 1.83 bits per heavy atom. The van der Waals surface area contributed by atoms with E-state index in [9.17, 15) is 4.79 Å². The Morgan fingerprint density at radius 3 is 2.75 bits per heavy atom. The van der Waals surface area contributed by atoms with Gasteiger partial charge in [-0.3, -0.25) is 8.77 Å². The van der Waals surface area contributed by atoms with Crippen LogP contribution in [-0.4, -0.2) is 20.0 Å². The Labute approximate surface area is 85.9 Å². The van der Waals surface area contributed by atoms with Crippen LogP contribution in [0.25, 0.3) is 0 Å². The zero-order valence-electron chi connectivity index (χ0n) is 6.34. The lowest BCUT2D eigenvalue weighted by molar-refractivity contribution is -0.138. The summed E-state index contributed by atoms with van der Waals surface area (Å²) < 4.78 is 1.40. The van der Waals surface area contributed by atoms with Crippen LogP contribution < -0.4 is 0 Å². The summed E-state index contributed by atoms with van der Waals surface area (Å²) in [6.07, 6.45) is 3.11. The van der Waals surface area contributed by atoms with Gasteiger partial charge < -0.3 is 5.11 Å². The first kappa shape index (κ1) is 11.5. The normalized spacial score (nSPS) is 11.8. The van der Waals surface area contributed by atoms with E-state index in [0.29, 0.717) is 5.82 Å². The van der Waals surface area contributed by atoms with Crippen molar-refractivity contribution in [3.63, 3.8) is 0 Å². The van der Waals surface area contributed by atoms with Gasteiger partial charge in [0, 0.05) is 12.4 Å². The minimum atomic E-state index is -0.897. The van der Waals surface area contributed by atoms with Gasteiger partial charge in [0.05, 0.1) is 0 Å². The average Bonchev–Trinajstić information content (AvgIpc) is 2.33. The van der Waals surface area contributed by atoms with Gasteiger partial charge in [-0.2, -0.15) is 0 Å². The molecule has 1 atom stereocenters. The highest BCUT2D eigenvalue weighted by Gasteiger charge is 2.17. The Morgan fingerprint density at radius 2 is 2.42 bits per heavy atom. The van der Waals surface area contributed by atoms with Gasteiger partial charge in [0.15, 0.2) is 0 Å². The summed E-state index contributed by atoms with van der Waals surface area (Å²) >= 11 is 3.97. The maximum absolute atomic E-state index is 10.5. The molecule has 0 saturated heterocycles. The Hall–Kier alpha value is -0.490. The van der Waals surface area contributed by atoms with Gasteiger partial charge in [-0.1, -0.05) is 12.8 Å². The number of thiol groups is 1. The first-order valence-corrected chi connectivity index (χ1v) is 3.48. The SMILES string of the molecule is Br.CC(C(=O)O)c1nccn1S. The molecule has 0 amide bonds. The molecule has 0 radical (unpaired) electrons. The number of rotatable bonds is 2. The zero-order valence-corrected chi connectivity index (χ0v) is 8.94. The summed E-state index contributed by atoms with van der Waals surface area (Å²) in [5.41, 5.74) is 0. The fourth-order valence-electron chi connectivity index (χ4n) is 0.729. The summed E-state index contributed by atoms with van der Waals surface area (Å²) in [7, 11) is 0. The van der Waals surface area contributed by atoms with Crippen LogP contribution in [0.4, 0.5) is 0 Å². The molecule has 1 unspecified atom stereocenters. The van der Waals surface area contributed by atoms with Crippen molar-refractivity contribution in [3.05, 3.63) is 18.2 Å². The smallest absolute Gasteiger partial charge is 0.313 e. The van der Waals surface area contributed by atoms with Crippen molar-refractivity contribution in [1.29, 1.82) is 0 Å². The number of aliphatic carboxylic acids is 1. The molecule has 1 aromatic heterocycles. The lowest BCUT2D eigenvalue weighted by Crippen LogP contribution is -2.10. The first-order valence-electron chi connectivity index (χ1n) is 3.08. The van der Waals surface area contributed by atoms with Crippen LogP contribution >= 0.6 is 29.8 Å². The lowest BCUT2D eigenvalue weighted by Gasteiger charge is -2.03. The van der Waals surface area contributed by atoms with Crippen molar-refractivity contribution in [2.24, 2.45) is 0 Å². The van der Waals surface area contributed by atoms with Crippen molar-refractivity contribution in [2.75, 3.05) is 0 Å². The highest BCUT2D eigenvalue weighted by atomic mass is 79.9. The van der Waals surface area contributed by atoms with Gasteiger partial charge in [-0.25, -0.2) is 4.98 Å². The van der Waals surface area contributed by atoms with E-state index in [-0.39, 0.29) is 17.0 Å². The van der Waals surface area contributed by atoms with Crippen LogP contribution in [-0.2, 0) is 4.79 Å². The standard InChI is InChI=1S/C6H8N2O2S.BrH/c1-4(6(9)10)5-7-2-3-8(5)11;/h2-4,11H,1H3,(H,9,10);1H. The molecule has 0 fully saturated rings. The minimum absolute atomic E-state index is 0. The number of aromatic nitrogens is 2. The molecule has 0 aliphatic heterocycles. The molecule has 0 aliphatic carbocycles. The van der Waals surface area contributed by atoms with Gasteiger partial charge in [0.1, 0.15) is 11.7 Å².